The van der Waals surface area contributed by atoms with Gasteiger partial charge in [-0.3, -0.25) is 4.98 Å². The Morgan fingerprint density at radius 2 is 2.12 bits per heavy atom. The lowest BCUT2D eigenvalue weighted by Crippen LogP contribution is -1.95. The van der Waals surface area contributed by atoms with Crippen LogP contribution in [0.2, 0.25) is 0 Å². The van der Waals surface area contributed by atoms with Crippen LogP contribution in [-0.4, -0.2) is 15.2 Å². The molecule has 0 aromatic carbocycles. The SMILES string of the molecule is CCC(CC)c1nnc(Nc2cccnc2)o1. The highest BCUT2D eigenvalue weighted by atomic mass is 16.4. The van der Waals surface area contributed by atoms with Gasteiger partial charge >= 0.3 is 6.01 Å². The van der Waals surface area contributed by atoms with Crippen molar-refractivity contribution < 1.29 is 4.42 Å². The number of anilines is 2. The first kappa shape index (κ1) is 11.6. The van der Waals surface area contributed by atoms with Crippen LogP contribution >= 0.6 is 0 Å². The van der Waals surface area contributed by atoms with E-state index in [-0.39, 0.29) is 0 Å². The number of pyridine rings is 1. The molecular formula is C12H16N4O. The molecule has 0 saturated carbocycles. The molecule has 0 saturated heterocycles. The van der Waals surface area contributed by atoms with E-state index in [4.69, 9.17) is 4.42 Å². The van der Waals surface area contributed by atoms with Crippen molar-refractivity contribution in [1.29, 1.82) is 0 Å². The molecule has 1 N–H and O–H groups in total. The van der Waals surface area contributed by atoms with E-state index in [0.717, 1.165) is 18.5 Å². The second-order valence-electron chi connectivity index (χ2n) is 3.83. The number of nitrogens with one attached hydrogen (secondary N) is 1. The summed E-state index contributed by atoms with van der Waals surface area (Å²) >= 11 is 0. The minimum atomic E-state index is 0.340. The van der Waals surface area contributed by atoms with E-state index >= 15 is 0 Å². The normalized spacial score (nSPS) is 10.8. The number of rotatable bonds is 5. The van der Waals surface area contributed by atoms with E-state index in [2.05, 4.69) is 34.3 Å². The second kappa shape index (κ2) is 5.43. The van der Waals surface area contributed by atoms with Gasteiger partial charge in [0.05, 0.1) is 11.9 Å². The van der Waals surface area contributed by atoms with Crippen molar-refractivity contribution >= 4 is 11.7 Å². The molecule has 0 bridgehead atoms. The number of hydrogen-bond acceptors (Lipinski definition) is 5. The summed E-state index contributed by atoms with van der Waals surface area (Å²) in [4.78, 5) is 4.00. The van der Waals surface area contributed by atoms with Gasteiger partial charge in [-0.1, -0.05) is 18.9 Å². The van der Waals surface area contributed by atoms with Crippen LogP contribution in [0.1, 0.15) is 38.5 Å². The van der Waals surface area contributed by atoms with Crippen molar-refractivity contribution in [2.75, 3.05) is 5.32 Å². The van der Waals surface area contributed by atoms with Crippen LogP contribution in [-0.2, 0) is 0 Å². The fraction of sp³-hybridized carbons (Fsp3) is 0.417. The van der Waals surface area contributed by atoms with Crippen LogP contribution in [0.25, 0.3) is 0 Å². The molecular weight excluding hydrogens is 216 g/mol. The van der Waals surface area contributed by atoms with Crippen molar-refractivity contribution in [2.24, 2.45) is 0 Å². The molecule has 2 aromatic rings. The quantitative estimate of drug-likeness (QED) is 0.858. The molecule has 17 heavy (non-hydrogen) atoms. The Morgan fingerprint density at radius 3 is 2.76 bits per heavy atom. The molecule has 0 aliphatic rings. The molecule has 5 heteroatoms. The van der Waals surface area contributed by atoms with Gasteiger partial charge in [0.25, 0.3) is 0 Å². The first-order valence-electron chi connectivity index (χ1n) is 5.84. The molecule has 2 heterocycles. The molecule has 5 nitrogen and oxygen atoms in total. The van der Waals surface area contributed by atoms with Crippen molar-refractivity contribution in [2.45, 2.75) is 32.6 Å². The highest BCUT2D eigenvalue weighted by Gasteiger charge is 2.14. The lowest BCUT2D eigenvalue weighted by Gasteiger charge is -2.05. The first-order valence-corrected chi connectivity index (χ1v) is 5.84. The largest absolute Gasteiger partial charge is 0.408 e. The molecule has 2 rings (SSSR count). The average molecular weight is 232 g/mol. The Bertz CT molecular complexity index is 451. The summed E-state index contributed by atoms with van der Waals surface area (Å²) in [6.45, 7) is 4.24. The van der Waals surface area contributed by atoms with E-state index in [1.54, 1.807) is 12.4 Å². The zero-order chi connectivity index (χ0) is 12.1. The van der Waals surface area contributed by atoms with Gasteiger partial charge in [-0.25, -0.2) is 0 Å². The molecule has 0 radical (unpaired) electrons. The summed E-state index contributed by atoms with van der Waals surface area (Å²) in [5.74, 6) is 1.04. The van der Waals surface area contributed by atoms with Gasteiger partial charge in [0.1, 0.15) is 0 Å². The van der Waals surface area contributed by atoms with Crippen LogP contribution < -0.4 is 5.32 Å². The predicted octanol–water partition coefficient (Wildman–Crippen LogP) is 3.11. The number of aromatic nitrogens is 3. The molecule has 90 valence electrons. The maximum Gasteiger partial charge on any atom is 0.320 e. The Kier molecular flexibility index (Phi) is 3.69. The zero-order valence-electron chi connectivity index (χ0n) is 10.1. The van der Waals surface area contributed by atoms with Crippen LogP contribution in [0.3, 0.4) is 0 Å². The van der Waals surface area contributed by atoms with Gasteiger partial charge in [-0.15, -0.1) is 5.10 Å². The molecule has 2 aromatic heterocycles. The summed E-state index contributed by atoms with van der Waals surface area (Å²) in [6.07, 6.45) is 5.44. The summed E-state index contributed by atoms with van der Waals surface area (Å²) in [5, 5.41) is 11.1. The Hall–Kier alpha value is -1.91. The first-order chi connectivity index (χ1) is 8.33. The van der Waals surface area contributed by atoms with E-state index < -0.39 is 0 Å². The number of hydrogen-bond donors (Lipinski definition) is 1. The minimum Gasteiger partial charge on any atom is -0.408 e. The lowest BCUT2D eigenvalue weighted by atomic mass is 10.0. The summed E-state index contributed by atoms with van der Waals surface area (Å²) in [5.41, 5.74) is 0.840. The van der Waals surface area contributed by atoms with Crippen molar-refractivity contribution in [3.8, 4) is 0 Å². The highest BCUT2D eigenvalue weighted by Crippen LogP contribution is 2.23. The van der Waals surface area contributed by atoms with Crippen molar-refractivity contribution in [3.05, 3.63) is 30.4 Å². The van der Waals surface area contributed by atoms with Crippen LogP contribution in [0, 0.1) is 0 Å². The molecule has 0 unspecified atom stereocenters. The molecule has 0 aliphatic heterocycles. The van der Waals surface area contributed by atoms with Gasteiger partial charge in [0.15, 0.2) is 0 Å². The Labute approximate surface area is 100 Å². The summed E-state index contributed by atoms with van der Waals surface area (Å²) in [6, 6.07) is 4.16. The zero-order valence-corrected chi connectivity index (χ0v) is 10.1. The third-order valence-electron chi connectivity index (χ3n) is 2.69. The minimum absolute atomic E-state index is 0.340. The maximum atomic E-state index is 5.57. The molecule has 0 aliphatic carbocycles. The van der Waals surface area contributed by atoms with Crippen LogP contribution in [0.15, 0.2) is 28.9 Å². The Morgan fingerprint density at radius 1 is 1.29 bits per heavy atom. The average Bonchev–Trinajstić information content (AvgIpc) is 2.81. The number of nitrogens with zero attached hydrogens (tertiary/aromatic N) is 3. The fourth-order valence-electron chi connectivity index (χ4n) is 1.65. The third kappa shape index (κ3) is 2.81. The van der Waals surface area contributed by atoms with Gasteiger partial charge in [-0.2, -0.15) is 0 Å². The predicted molar refractivity (Wildman–Crippen MR) is 65.1 cm³/mol. The molecule has 0 spiro atoms. The summed E-state index contributed by atoms with van der Waals surface area (Å²) < 4.78 is 5.57. The third-order valence-corrected chi connectivity index (χ3v) is 2.69. The van der Waals surface area contributed by atoms with E-state index in [1.165, 1.54) is 0 Å². The fourth-order valence-corrected chi connectivity index (χ4v) is 1.65. The molecule has 0 fully saturated rings. The summed E-state index contributed by atoms with van der Waals surface area (Å²) in [7, 11) is 0. The maximum absolute atomic E-state index is 5.57. The van der Waals surface area contributed by atoms with Crippen LogP contribution in [0.4, 0.5) is 11.7 Å². The van der Waals surface area contributed by atoms with E-state index in [1.807, 2.05) is 12.1 Å². The molecule has 0 amide bonds. The standard InChI is InChI=1S/C12H16N4O/c1-3-9(4-2)11-15-16-12(17-11)14-10-6-5-7-13-8-10/h5-9H,3-4H2,1-2H3,(H,14,16). The van der Waals surface area contributed by atoms with Gasteiger partial charge in [0.2, 0.25) is 5.89 Å². The van der Waals surface area contributed by atoms with Gasteiger partial charge in [-0.05, 0) is 25.0 Å². The smallest absolute Gasteiger partial charge is 0.320 e. The van der Waals surface area contributed by atoms with Crippen LogP contribution in [0.5, 0.6) is 0 Å². The highest BCUT2D eigenvalue weighted by molar-refractivity contribution is 5.49. The second-order valence-corrected chi connectivity index (χ2v) is 3.83. The monoisotopic (exact) mass is 232 g/mol. The lowest BCUT2D eigenvalue weighted by molar-refractivity contribution is 0.441. The van der Waals surface area contributed by atoms with Crippen molar-refractivity contribution in [3.63, 3.8) is 0 Å². The van der Waals surface area contributed by atoms with E-state index in [0.29, 0.717) is 17.8 Å². The van der Waals surface area contributed by atoms with E-state index in [9.17, 15) is 0 Å². The van der Waals surface area contributed by atoms with Crippen molar-refractivity contribution in [1.82, 2.24) is 15.2 Å². The topological polar surface area (TPSA) is 63.8 Å². The van der Waals surface area contributed by atoms with Gasteiger partial charge in [0, 0.05) is 12.1 Å². The Balaban J connectivity index is 2.08. The molecule has 0 atom stereocenters. The van der Waals surface area contributed by atoms with Gasteiger partial charge < -0.3 is 9.73 Å².